The van der Waals surface area contributed by atoms with Gasteiger partial charge in [-0.1, -0.05) is 11.6 Å². The number of morpholine rings is 1. The van der Waals surface area contributed by atoms with Crippen molar-refractivity contribution in [2.45, 2.75) is 0 Å². The highest BCUT2D eigenvalue weighted by molar-refractivity contribution is 9.10. The van der Waals surface area contributed by atoms with E-state index in [1.54, 1.807) is 6.20 Å². The van der Waals surface area contributed by atoms with Gasteiger partial charge in [-0.3, -0.25) is 4.90 Å². The molecule has 0 atom stereocenters. The van der Waals surface area contributed by atoms with E-state index in [4.69, 9.17) is 16.3 Å². The fraction of sp³-hybridized carbons (Fsp3) is 0.545. The molecule has 0 aliphatic carbocycles. The van der Waals surface area contributed by atoms with Gasteiger partial charge in [0.2, 0.25) is 0 Å². The molecule has 1 aliphatic rings. The van der Waals surface area contributed by atoms with Crippen LogP contribution in [0.15, 0.2) is 16.7 Å². The second kappa shape index (κ2) is 6.54. The van der Waals surface area contributed by atoms with Crippen LogP contribution in [0.5, 0.6) is 0 Å². The van der Waals surface area contributed by atoms with Crippen molar-refractivity contribution in [2.24, 2.45) is 0 Å². The van der Waals surface area contributed by atoms with Crippen LogP contribution in [0, 0.1) is 0 Å². The van der Waals surface area contributed by atoms with E-state index in [0.29, 0.717) is 5.02 Å². The summed E-state index contributed by atoms with van der Waals surface area (Å²) in [6.07, 6.45) is 1.74. The Hall–Kier alpha value is -0.360. The van der Waals surface area contributed by atoms with E-state index >= 15 is 0 Å². The molecule has 1 aromatic heterocycles. The Morgan fingerprint density at radius 2 is 2.24 bits per heavy atom. The lowest BCUT2D eigenvalue weighted by molar-refractivity contribution is 0.0398. The van der Waals surface area contributed by atoms with Crippen LogP contribution < -0.4 is 5.32 Å². The molecule has 17 heavy (non-hydrogen) atoms. The molecule has 0 bridgehead atoms. The first-order chi connectivity index (χ1) is 8.25. The maximum atomic E-state index is 6.06. The molecule has 2 heterocycles. The summed E-state index contributed by atoms with van der Waals surface area (Å²) in [6, 6.07) is 1.84. The number of aromatic nitrogens is 1. The number of anilines is 1. The molecule has 0 spiro atoms. The fourth-order valence-corrected chi connectivity index (χ4v) is 2.40. The normalized spacial score (nSPS) is 17.1. The third-order valence-electron chi connectivity index (χ3n) is 2.63. The van der Waals surface area contributed by atoms with Gasteiger partial charge in [0, 0.05) is 36.8 Å². The first-order valence-electron chi connectivity index (χ1n) is 5.61. The quantitative estimate of drug-likeness (QED) is 0.923. The monoisotopic (exact) mass is 319 g/mol. The summed E-state index contributed by atoms with van der Waals surface area (Å²) in [5, 5.41) is 3.88. The van der Waals surface area contributed by atoms with E-state index < -0.39 is 0 Å². The van der Waals surface area contributed by atoms with Crippen LogP contribution in [0.4, 0.5) is 5.82 Å². The van der Waals surface area contributed by atoms with E-state index in [-0.39, 0.29) is 0 Å². The molecular weight excluding hydrogens is 305 g/mol. The highest BCUT2D eigenvalue weighted by atomic mass is 79.9. The number of pyridine rings is 1. The highest BCUT2D eigenvalue weighted by Gasteiger charge is 2.09. The average Bonchev–Trinajstić information content (AvgIpc) is 2.33. The van der Waals surface area contributed by atoms with E-state index in [9.17, 15) is 0 Å². The fourth-order valence-electron chi connectivity index (χ4n) is 1.70. The minimum absolute atomic E-state index is 0.640. The Bertz CT molecular complexity index is 372. The molecule has 0 radical (unpaired) electrons. The predicted molar refractivity (Wildman–Crippen MR) is 72.7 cm³/mol. The largest absolute Gasteiger partial charge is 0.379 e. The first-order valence-corrected chi connectivity index (χ1v) is 6.78. The second-order valence-electron chi connectivity index (χ2n) is 3.86. The van der Waals surface area contributed by atoms with Gasteiger partial charge in [0.15, 0.2) is 0 Å². The maximum Gasteiger partial charge on any atom is 0.144 e. The Morgan fingerprint density at radius 3 is 2.94 bits per heavy atom. The van der Waals surface area contributed by atoms with Gasteiger partial charge in [-0.15, -0.1) is 0 Å². The molecule has 6 heteroatoms. The van der Waals surface area contributed by atoms with Crippen LogP contribution in [0.25, 0.3) is 0 Å². The molecule has 0 amide bonds. The van der Waals surface area contributed by atoms with Crippen LogP contribution >= 0.6 is 27.5 Å². The summed E-state index contributed by atoms with van der Waals surface area (Å²) in [6.45, 7) is 5.49. The lowest BCUT2D eigenvalue weighted by Gasteiger charge is -2.26. The molecule has 1 saturated heterocycles. The van der Waals surface area contributed by atoms with Gasteiger partial charge in [-0.05, 0) is 22.0 Å². The SMILES string of the molecule is Clc1cc(Br)cnc1NCCN1CCOCC1. The number of rotatable bonds is 4. The van der Waals surface area contributed by atoms with Gasteiger partial charge in [0.1, 0.15) is 5.82 Å². The number of hydrogen-bond acceptors (Lipinski definition) is 4. The van der Waals surface area contributed by atoms with Crippen molar-refractivity contribution >= 4 is 33.3 Å². The van der Waals surface area contributed by atoms with E-state index in [1.165, 1.54) is 0 Å². The van der Waals surface area contributed by atoms with Crippen molar-refractivity contribution in [3.63, 3.8) is 0 Å². The van der Waals surface area contributed by atoms with Gasteiger partial charge in [0.05, 0.1) is 18.2 Å². The lowest BCUT2D eigenvalue weighted by atomic mass is 10.4. The van der Waals surface area contributed by atoms with Gasteiger partial charge < -0.3 is 10.1 Å². The minimum atomic E-state index is 0.640. The summed E-state index contributed by atoms with van der Waals surface area (Å²) in [5.74, 6) is 0.739. The summed E-state index contributed by atoms with van der Waals surface area (Å²) in [4.78, 5) is 6.59. The highest BCUT2D eigenvalue weighted by Crippen LogP contribution is 2.22. The molecule has 0 unspecified atom stereocenters. The second-order valence-corrected chi connectivity index (χ2v) is 5.19. The Morgan fingerprint density at radius 1 is 1.47 bits per heavy atom. The molecule has 1 fully saturated rings. The zero-order chi connectivity index (χ0) is 12.1. The number of nitrogens with one attached hydrogen (secondary N) is 1. The molecular formula is C11H15BrClN3O. The zero-order valence-electron chi connectivity index (χ0n) is 9.46. The topological polar surface area (TPSA) is 37.4 Å². The van der Waals surface area contributed by atoms with E-state index in [0.717, 1.165) is 49.7 Å². The van der Waals surface area contributed by atoms with Gasteiger partial charge in [0.25, 0.3) is 0 Å². The maximum absolute atomic E-state index is 6.06. The number of halogens is 2. The van der Waals surface area contributed by atoms with Gasteiger partial charge in [-0.2, -0.15) is 0 Å². The minimum Gasteiger partial charge on any atom is -0.379 e. The average molecular weight is 321 g/mol. The van der Waals surface area contributed by atoms with Crippen LogP contribution in [0.3, 0.4) is 0 Å². The Labute approximate surface area is 114 Å². The van der Waals surface area contributed by atoms with Crippen molar-refractivity contribution in [1.82, 2.24) is 9.88 Å². The Kier molecular flexibility index (Phi) is 5.03. The van der Waals surface area contributed by atoms with Crippen LogP contribution in [0.1, 0.15) is 0 Å². The summed E-state index contributed by atoms with van der Waals surface area (Å²) in [7, 11) is 0. The molecule has 94 valence electrons. The van der Waals surface area contributed by atoms with E-state index in [2.05, 4.69) is 31.1 Å². The third-order valence-corrected chi connectivity index (χ3v) is 3.35. The number of hydrogen-bond donors (Lipinski definition) is 1. The molecule has 1 N–H and O–H groups in total. The summed E-state index contributed by atoms with van der Waals surface area (Å²) >= 11 is 9.39. The smallest absolute Gasteiger partial charge is 0.144 e. The first kappa shape index (κ1) is 13.1. The molecule has 0 saturated carbocycles. The van der Waals surface area contributed by atoms with Crippen molar-refractivity contribution in [2.75, 3.05) is 44.7 Å². The van der Waals surface area contributed by atoms with Crippen LogP contribution in [-0.4, -0.2) is 49.3 Å². The Balaban J connectivity index is 1.77. The summed E-state index contributed by atoms with van der Waals surface area (Å²) < 4.78 is 6.19. The van der Waals surface area contributed by atoms with Crippen molar-refractivity contribution in [3.8, 4) is 0 Å². The molecule has 1 aliphatic heterocycles. The standard InChI is InChI=1S/C11H15BrClN3O/c12-9-7-10(13)11(15-8-9)14-1-2-16-3-5-17-6-4-16/h7-8H,1-6H2,(H,14,15). The van der Waals surface area contributed by atoms with Crippen molar-refractivity contribution in [3.05, 3.63) is 21.8 Å². The van der Waals surface area contributed by atoms with Gasteiger partial charge >= 0.3 is 0 Å². The van der Waals surface area contributed by atoms with Crippen molar-refractivity contribution in [1.29, 1.82) is 0 Å². The van der Waals surface area contributed by atoms with E-state index in [1.807, 2.05) is 6.07 Å². The number of ether oxygens (including phenoxy) is 1. The zero-order valence-corrected chi connectivity index (χ0v) is 11.8. The summed E-state index contributed by atoms with van der Waals surface area (Å²) in [5.41, 5.74) is 0. The molecule has 1 aromatic rings. The van der Waals surface area contributed by atoms with Crippen LogP contribution in [0.2, 0.25) is 5.02 Å². The third kappa shape index (κ3) is 4.10. The van der Waals surface area contributed by atoms with Crippen molar-refractivity contribution < 1.29 is 4.74 Å². The molecule has 0 aromatic carbocycles. The van der Waals surface area contributed by atoms with Gasteiger partial charge in [-0.25, -0.2) is 4.98 Å². The molecule has 4 nitrogen and oxygen atoms in total. The predicted octanol–water partition coefficient (Wildman–Crippen LogP) is 2.24. The lowest BCUT2D eigenvalue weighted by Crippen LogP contribution is -2.39. The number of nitrogens with zero attached hydrogens (tertiary/aromatic N) is 2. The van der Waals surface area contributed by atoms with Crippen LogP contribution in [-0.2, 0) is 4.74 Å². The molecule has 2 rings (SSSR count).